The van der Waals surface area contributed by atoms with Gasteiger partial charge in [-0.05, 0) is 80.0 Å². The summed E-state index contributed by atoms with van der Waals surface area (Å²) in [5.74, 6) is 2.58. The van der Waals surface area contributed by atoms with Gasteiger partial charge < -0.3 is 10.8 Å². The summed E-state index contributed by atoms with van der Waals surface area (Å²) in [5, 5.41) is 9.99. The molecule has 0 bridgehead atoms. The average Bonchev–Trinajstić information content (AvgIpc) is 2.76. The lowest BCUT2D eigenvalue weighted by Gasteiger charge is -2.58. The van der Waals surface area contributed by atoms with Crippen molar-refractivity contribution >= 4 is 0 Å². The molecule has 7 atom stereocenters. The van der Waals surface area contributed by atoms with Gasteiger partial charge in [-0.25, -0.2) is 0 Å². The van der Waals surface area contributed by atoms with Gasteiger partial charge in [0, 0.05) is 6.04 Å². The predicted octanol–water partition coefficient (Wildman–Crippen LogP) is 3.64. The largest absolute Gasteiger partial charge is 0.389 e. The summed E-state index contributed by atoms with van der Waals surface area (Å²) in [6.07, 6.45) is 12.0. The van der Waals surface area contributed by atoms with Gasteiger partial charge in [0.05, 0.1) is 6.10 Å². The molecule has 4 rings (SSSR count). The van der Waals surface area contributed by atoms with E-state index in [0.29, 0.717) is 16.9 Å². The number of hydrogen-bond donors (Lipinski definition) is 2. The molecule has 4 aliphatic carbocycles. The molecule has 3 N–H and O–H groups in total. The minimum absolute atomic E-state index is 0.182. The number of aliphatic hydroxyl groups excluding tert-OH is 1. The fourth-order valence-corrected chi connectivity index (χ4v) is 6.75. The Hall–Kier alpha value is -0.340. The monoisotopic (exact) mass is 289 g/mol. The quantitative estimate of drug-likeness (QED) is 0.669. The van der Waals surface area contributed by atoms with Crippen molar-refractivity contribution < 1.29 is 5.11 Å². The van der Waals surface area contributed by atoms with Crippen molar-refractivity contribution in [2.45, 2.75) is 77.4 Å². The standard InChI is InChI=1S/C19H31NO/c1-18-9-7-13(21)11-12(18)3-4-14-15-5-6-17(20)19(15,2)10-8-16(14)18/h11,13-17,21H,3-10,20H2,1-2H3/t13-,14+,15+,16+,17+,18+,19+/m1/s1. The van der Waals surface area contributed by atoms with E-state index < -0.39 is 0 Å². The first-order chi connectivity index (χ1) is 9.95. The Labute approximate surface area is 129 Å². The number of rotatable bonds is 0. The van der Waals surface area contributed by atoms with Crippen LogP contribution in [0.4, 0.5) is 0 Å². The summed E-state index contributed by atoms with van der Waals surface area (Å²) in [4.78, 5) is 0. The third-order valence-corrected chi connectivity index (χ3v) is 8.16. The van der Waals surface area contributed by atoms with E-state index in [2.05, 4.69) is 19.9 Å². The Morgan fingerprint density at radius 3 is 2.67 bits per heavy atom. The van der Waals surface area contributed by atoms with Crippen molar-refractivity contribution in [1.29, 1.82) is 0 Å². The molecule has 21 heavy (non-hydrogen) atoms. The Balaban J connectivity index is 1.67. The zero-order chi connectivity index (χ0) is 14.8. The molecule has 3 fully saturated rings. The highest BCUT2D eigenvalue weighted by Crippen LogP contribution is 2.65. The van der Waals surface area contributed by atoms with Crippen LogP contribution >= 0.6 is 0 Å². The summed E-state index contributed by atoms with van der Waals surface area (Å²) in [5.41, 5.74) is 8.84. The third-order valence-electron chi connectivity index (χ3n) is 8.16. The van der Waals surface area contributed by atoms with Crippen LogP contribution in [-0.2, 0) is 0 Å². The van der Waals surface area contributed by atoms with E-state index in [-0.39, 0.29) is 6.10 Å². The first kappa shape index (κ1) is 14.3. The van der Waals surface area contributed by atoms with E-state index in [4.69, 9.17) is 5.73 Å². The molecule has 4 aliphatic rings. The molecule has 2 heteroatoms. The molecule has 118 valence electrons. The van der Waals surface area contributed by atoms with Gasteiger partial charge in [-0.1, -0.05) is 25.5 Å². The Kier molecular flexibility index (Phi) is 3.11. The van der Waals surface area contributed by atoms with Gasteiger partial charge in [0.1, 0.15) is 0 Å². The highest BCUT2D eigenvalue weighted by molar-refractivity contribution is 5.25. The molecule has 0 aromatic carbocycles. The topological polar surface area (TPSA) is 46.2 Å². The highest BCUT2D eigenvalue weighted by atomic mass is 16.3. The summed E-state index contributed by atoms with van der Waals surface area (Å²) in [6.45, 7) is 4.98. The zero-order valence-electron chi connectivity index (χ0n) is 13.6. The van der Waals surface area contributed by atoms with E-state index in [1.807, 2.05) is 0 Å². The van der Waals surface area contributed by atoms with Crippen LogP contribution in [0.25, 0.3) is 0 Å². The van der Waals surface area contributed by atoms with Crippen LogP contribution in [0.15, 0.2) is 11.6 Å². The number of hydrogen-bond acceptors (Lipinski definition) is 2. The fourth-order valence-electron chi connectivity index (χ4n) is 6.75. The predicted molar refractivity (Wildman–Crippen MR) is 85.7 cm³/mol. The summed E-state index contributed by atoms with van der Waals surface area (Å²) in [6, 6.07) is 0.432. The molecule has 3 saturated carbocycles. The lowest BCUT2D eigenvalue weighted by molar-refractivity contribution is -0.0453. The van der Waals surface area contributed by atoms with E-state index >= 15 is 0 Å². The fraction of sp³-hybridized carbons (Fsp3) is 0.895. The van der Waals surface area contributed by atoms with E-state index in [0.717, 1.165) is 24.2 Å². The van der Waals surface area contributed by atoms with Gasteiger partial charge in [-0.15, -0.1) is 0 Å². The third kappa shape index (κ3) is 1.84. The SMILES string of the molecule is C[C@]12CC[C@H]3[C@@H](CCC4=C[C@H](O)CC[C@@]43C)[C@@H]1CC[C@@H]2N. The van der Waals surface area contributed by atoms with Gasteiger partial charge in [-0.3, -0.25) is 0 Å². The second-order valence-electron chi connectivity index (χ2n) is 8.86. The first-order valence-electron chi connectivity index (χ1n) is 9.10. The van der Waals surface area contributed by atoms with Crippen LogP contribution in [-0.4, -0.2) is 17.3 Å². The molecular formula is C19H31NO. The average molecular weight is 289 g/mol. The second-order valence-corrected chi connectivity index (χ2v) is 8.86. The van der Waals surface area contributed by atoms with Crippen LogP contribution in [0.1, 0.15) is 65.2 Å². The van der Waals surface area contributed by atoms with Crippen LogP contribution in [0.3, 0.4) is 0 Å². The zero-order valence-corrected chi connectivity index (χ0v) is 13.6. The lowest BCUT2D eigenvalue weighted by atomic mass is 9.47. The Bertz CT molecular complexity index is 472. The Morgan fingerprint density at radius 1 is 1.05 bits per heavy atom. The van der Waals surface area contributed by atoms with Crippen LogP contribution in [0.5, 0.6) is 0 Å². The van der Waals surface area contributed by atoms with E-state index in [9.17, 15) is 5.11 Å². The molecule has 0 saturated heterocycles. The van der Waals surface area contributed by atoms with E-state index in [1.165, 1.54) is 44.9 Å². The normalized spacial score (nSPS) is 56.2. The van der Waals surface area contributed by atoms with Crippen molar-refractivity contribution in [3.8, 4) is 0 Å². The van der Waals surface area contributed by atoms with Crippen LogP contribution in [0.2, 0.25) is 0 Å². The molecule has 0 radical (unpaired) electrons. The molecule has 2 nitrogen and oxygen atoms in total. The van der Waals surface area contributed by atoms with Gasteiger partial charge in [0.25, 0.3) is 0 Å². The molecule has 0 amide bonds. The van der Waals surface area contributed by atoms with Crippen molar-refractivity contribution in [1.82, 2.24) is 0 Å². The maximum atomic E-state index is 9.99. The van der Waals surface area contributed by atoms with Crippen molar-refractivity contribution in [3.05, 3.63) is 11.6 Å². The maximum Gasteiger partial charge on any atom is 0.0724 e. The number of fused-ring (bicyclic) bond motifs is 5. The molecule has 0 unspecified atom stereocenters. The Morgan fingerprint density at radius 2 is 1.86 bits per heavy atom. The van der Waals surface area contributed by atoms with Crippen LogP contribution < -0.4 is 5.73 Å². The lowest BCUT2D eigenvalue weighted by Crippen LogP contribution is -2.52. The van der Waals surface area contributed by atoms with Gasteiger partial charge in [0.2, 0.25) is 0 Å². The number of nitrogens with two attached hydrogens (primary N) is 1. The second kappa shape index (κ2) is 4.58. The molecule has 0 aromatic heterocycles. The van der Waals surface area contributed by atoms with Gasteiger partial charge in [0.15, 0.2) is 0 Å². The summed E-state index contributed by atoms with van der Waals surface area (Å²) < 4.78 is 0. The highest BCUT2D eigenvalue weighted by Gasteiger charge is 2.58. The van der Waals surface area contributed by atoms with Crippen LogP contribution in [0, 0.1) is 28.6 Å². The van der Waals surface area contributed by atoms with E-state index in [1.54, 1.807) is 5.57 Å². The number of allylic oxidation sites excluding steroid dienone is 1. The first-order valence-corrected chi connectivity index (χ1v) is 9.10. The number of aliphatic hydroxyl groups is 1. The smallest absolute Gasteiger partial charge is 0.0724 e. The van der Waals surface area contributed by atoms with Gasteiger partial charge >= 0.3 is 0 Å². The molecule has 0 spiro atoms. The van der Waals surface area contributed by atoms with Crippen molar-refractivity contribution in [2.75, 3.05) is 0 Å². The summed E-state index contributed by atoms with van der Waals surface area (Å²) in [7, 11) is 0. The molecular weight excluding hydrogens is 258 g/mol. The van der Waals surface area contributed by atoms with Crippen molar-refractivity contribution in [3.63, 3.8) is 0 Å². The maximum absolute atomic E-state index is 9.99. The molecule has 0 aromatic rings. The minimum atomic E-state index is -0.182. The van der Waals surface area contributed by atoms with Gasteiger partial charge in [-0.2, -0.15) is 0 Å². The summed E-state index contributed by atoms with van der Waals surface area (Å²) >= 11 is 0. The minimum Gasteiger partial charge on any atom is -0.389 e. The molecule has 0 heterocycles. The van der Waals surface area contributed by atoms with Crippen molar-refractivity contribution in [2.24, 2.45) is 34.3 Å². The molecule has 0 aliphatic heterocycles.